The molecule has 0 bridgehead atoms. The molecule has 0 aromatic carbocycles. The average Bonchev–Trinajstić information content (AvgIpc) is 2.60. The predicted octanol–water partition coefficient (Wildman–Crippen LogP) is 1.95. The Morgan fingerprint density at radius 3 is 2.54 bits per heavy atom. The number of nitrogens with zero attached hydrogens (tertiary/aromatic N) is 3. The number of anilines is 1. The van der Waals surface area contributed by atoms with Crippen molar-refractivity contribution in [2.45, 2.75) is 44.9 Å². The quantitative estimate of drug-likeness (QED) is 0.788. The molecule has 2 fully saturated rings. The van der Waals surface area contributed by atoms with Crippen molar-refractivity contribution in [3.63, 3.8) is 0 Å². The minimum absolute atomic E-state index is 0.300. The molecule has 2 aliphatic heterocycles. The Morgan fingerprint density at radius 2 is 1.92 bits per heavy atom. The Bertz CT molecular complexity index is 562. The molecule has 24 heavy (non-hydrogen) atoms. The molecule has 0 aliphatic carbocycles. The normalized spacial score (nSPS) is 26.4. The summed E-state index contributed by atoms with van der Waals surface area (Å²) in [6.07, 6.45) is 4.49. The molecule has 0 spiro atoms. The number of carbonyl (C=O) groups is 1. The maximum atomic E-state index is 11.9. The Hall–Kier alpha value is -1.66. The van der Waals surface area contributed by atoms with Gasteiger partial charge < -0.3 is 14.4 Å². The van der Waals surface area contributed by atoms with E-state index in [1.165, 1.54) is 7.11 Å². The second-order valence-electron chi connectivity index (χ2n) is 6.80. The number of piperidine rings is 1. The van der Waals surface area contributed by atoms with E-state index in [4.69, 9.17) is 9.47 Å². The summed E-state index contributed by atoms with van der Waals surface area (Å²) in [5, 5.41) is 0. The highest BCUT2D eigenvalue weighted by molar-refractivity contribution is 5.94. The molecule has 0 amide bonds. The number of esters is 1. The monoisotopic (exact) mass is 333 g/mol. The fraction of sp³-hybridized carbons (Fsp3) is 0.667. The van der Waals surface area contributed by atoms with Gasteiger partial charge in [0.25, 0.3) is 0 Å². The summed E-state index contributed by atoms with van der Waals surface area (Å²) in [5.74, 6) is 0.419. The highest BCUT2D eigenvalue weighted by atomic mass is 16.5. The molecule has 132 valence electrons. The summed E-state index contributed by atoms with van der Waals surface area (Å²) in [5.41, 5.74) is 0.548. The standard InChI is InChI=1S/C18H27N3O3/c1-13-11-21(12-14(2)24-13)15-6-9-20(10-7-15)17-16(18(22)23-3)5-4-8-19-17/h4-5,8,13-15H,6-7,9-12H2,1-3H3. The first-order chi connectivity index (χ1) is 11.6. The highest BCUT2D eigenvalue weighted by Gasteiger charge is 2.31. The summed E-state index contributed by atoms with van der Waals surface area (Å²) in [6.45, 7) is 8.12. The third kappa shape index (κ3) is 3.70. The van der Waals surface area contributed by atoms with Crippen LogP contribution in [0.5, 0.6) is 0 Å². The largest absolute Gasteiger partial charge is 0.465 e. The Labute approximate surface area is 143 Å². The van der Waals surface area contributed by atoms with Crippen LogP contribution >= 0.6 is 0 Å². The van der Waals surface area contributed by atoms with Crippen molar-refractivity contribution in [1.29, 1.82) is 0 Å². The lowest BCUT2D eigenvalue weighted by atomic mass is 10.0. The number of methoxy groups -OCH3 is 1. The maximum absolute atomic E-state index is 11.9. The van der Waals surface area contributed by atoms with Gasteiger partial charge in [0, 0.05) is 38.4 Å². The molecule has 0 radical (unpaired) electrons. The van der Waals surface area contributed by atoms with E-state index in [1.54, 1.807) is 18.3 Å². The van der Waals surface area contributed by atoms with E-state index < -0.39 is 0 Å². The molecule has 6 nitrogen and oxygen atoms in total. The average molecular weight is 333 g/mol. The predicted molar refractivity (Wildman–Crippen MR) is 92.4 cm³/mol. The van der Waals surface area contributed by atoms with E-state index in [2.05, 4.69) is 28.6 Å². The summed E-state index contributed by atoms with van der Waals surface area (Å²) < 4.78 is 10.7. The lowest BCUT2D eigenvalue weighted by Gasteiger charge is -2.43. The lowest BCUT2D eigenvalue weighted by molar-refractivity contribution is -0.0826. The summed E-state index contributed by atoms with van der Waals surface area (Å²) in [4.78, 5) is 21.1. The molecular formula is C18H27N3O3. The van der Waals surface area contributed by atoms with Crippen LogP contribution in [0.15, 0.2) is 18.3 Å². The van der Waals surface area contributed by atoms with Crippen LogP contribution in [0, 0.1) is 0 Å². The lowest BCUT2D eigenvalue weighted by Crippen LogP contribution is -2.53. The number of hydrogen-bond donors (Lipinski definition) is 0. The second kappa shape index (κ2) is 7.49. The number of hydrogen-bond acceptors (Lipinski definition) is 6. The van der Waals surface area contributed by atoms with Crippen LogP contribution in [0.4, 0.5) is 5.82 Å². The number of carbonyl (C=O) groups excluding carboxylic acids is 1. The molecule has 6 heteroatoms. The summed E-state index contributed by atoms with van der Waals surface area (Å²) >= 11 is 0. The third-order valence-electron chi connectivity index (χ3n) is 4.92. The van der Waals surface area contributed by atoms with Gasteiger partial charge in [0.2, 0.25) is 0 Å². The molecular weight excluding hydrogens is 306 g/mol. The summed E-state index contributed by atoms with van der Waals surface area (Å²) in [7, 11) is 1.41. The van der Waals surface area contributed by atoms with Crippen LogP contribution in [-0.2, 0) is 9.47 Å². The first-order valence-corrected chi connectivity index (χ1v) is 8.76. The fourth-order valence-corrected chi connectivity index (χ4v) is 3.88. The second-order valence-corrected chi connectivity index (χ2v) is 6.80. The van der Waals surface area contributed by atoms with Gasteiger partial charge >= 0.3 is 5.97 Å². The maximum Gasteiger partial charge on any atom is 0.341 e. The van der Waals surface area contributed by atoms with Crippen LogP contribution in [-0.4, -0.2) is 67.4 Å². The molecule has 1 aromatic heterocycles. The van der Waals surface area contributed by atoms with Crippen molar-refractivity contribution in [3.05, 3.63) is 23.9 Å². The zero-order chi connectivity index (χ0) is 17.1. The molecule has 3 heterocycles. The van der Waals surface area contributed by atoms with E-state index >= 15 is 0 Å². The Morgan fingerprint density at radius 1 is 1.25 bits per heavy atom. The van der Waals surface area contributed by atoms with Gasteiger partial charge in [0.1, 0.15) is 11.4 Å². The van der Waals surface area contributed by atoms with Gasteiger partial charge in [-0.1, -0.05) is 0 Å². The number of pyridine rings is 1. The zero-order valence-electron chi connectivity index (χ0n) is 14.8. The number of ether oxygens (including phenoxy) is 2. The molecule has 3 rings (SSSR count). The molecule has 0 N–H and O–H groups in total. The van der Waals surface area contributed by atoms with Crippen molar-refractivity contribution in [2.75, 3.05) is 38.2 Å². The van der Waals surface area contributed by atoms with Crippen LogP contribution in [0.1, 0.15) is 37.0 Å². The van der Waals surface area contributed by atoms with Crippen molar-refractivity contribution >= 4 is 11.8 Å². The minimum Gasteiger partial charge on any atom is -0.465 e. The van der Waals surface area contributed by atoms with Crippen molar-refractivity contribution < 1.29 is 14.3 Å². The van der Waals surface area contributed by atoms with Crippen molar-refractivity contribution in [3.8, 4) is 0 Å². The van der Waals surface area contributed by atoms with Crippen LogP contribution in [0.25, 0.3) is 0 Å². The SMILES string of the molecule is COC(=O)c1cccnc1N1CCC(N2CC(C)OC(C)C2)CC1. The van der Waals surface area contributed by atoms with Crippen LogP contribution < -0.4 is 4.90 Å². The van der Waals surface area contributed by atoms with Gasteiger partial charge in [0.05, 0.1) is 19.3 Å². The molecule has 0 saturated carbocycles. The number of rotatable bonds is 3. The zero-order valence-corrected chi connectivity index (χ0v) is 14.8. The van der Waals surface area contributed by atoms with Crippen molar-refractivity contribution in [2.24, 2.45) is 0 Å². The van der Waals surface area contributed by atoms with Crippen LogP contribution in [0.3, 0.4) is 0 Å². The van der Waals surface area contributed by atoms with Gasteiger partial charge in [-0.25, -0.2) is 9.78 Å². The van der Waals surface area contributed by atoms with Gasteiger partial charge in [-0.15, -0.1) is 0 Å². The highest BCUT2D eigenvalue weighted by Crippen LogP contribution is 2.26. The molecule has 2 atom stereocenters. The molecule has 1 aromatic rings. The van der Waals surface area contributed by atoms with Crippen molar-refractivity contribution in [1.82, 2.24) is 9.88 Å². The first kappa shape index (κ1) is 17.2. The molecule has 2 saturated heterocycles. The topological polar surface area (TPSA) is 54.9 Å². The van der Waals surface area contributed by atoms with E-state index in [0.717, 1.165) is 44.8 Å². The fourth-order valence-electron chi connectivity index (χ4n) is 3.88. The molecule has 2 aliphatic rings. The summed E-state index contributed by atoms with van der Waals surface area (Å²) in [6, 6.07) is 4.14. The Balaban J connectivity index is 1.64. The van der Waals surface area contributed by atoms with E-state index in [-0.39, 0.29) is 5.97 Å². The van der Waals surface area contributed by atoms with Gasteiger partial charge in [-0.2, -0.15) is 0 Å². The van der Waals surface area contributed by atoms with Gasteiger partial charge in [-0.05, 0) is 38.8 Å². The Kier molecular flexibility index (Phi) is 5.36. The number of morpholine rings is 1. The molecule has 2 unspecified atom stereocenters. The van der Waals surface area contributed by atoms with Gasteiger partial charge in [-0.3, -0.25) is 4.90 Å². The minimum atomic E-state index is -0.323. The first-order valence-electron chi connectivity index (χ1n) is 8.76. The smallest absolute Gasteiger partial charge is 0.341 e. The van der Waals surface area contributed by atoms with Gasteiger partial charge in [0.15, 0.2) is 0 Å². The number of aromatic nitrogens is 1. The third-order valence-corrected chi connectivity index (χ3v) is 4.92. The van der Waals surface area contributed by atoms with Crippen LogP contribution in [0.2, 0.25) is 0 Å². The van der Waals surface area contributed by atoms with E-state index in [9.17, 15) is 4.79 Å². The van der Waals surface area contributed by atoms with E-state index in [1.807, 2.05) is 0 Å². The van der Waals surface area contributed by atoms with E-state index in [0.29, 0.717) is 23.8 Å².